The number of hydrogen-bond acceptors (Lipinski definition) is 6. The Labute approximate surface area is 171 Å². The van der Waals surface area contributed by atoms with Gasteiger partial charge in [-0.1, -0.05) is 32.1 Å². The monoisotopic (exact) mass is 423 g/mol. The molecule has 0 radical (unpaired) electrons. The number of sulfone groups is 1. The molecule has 160 valence electrons. The van der Waals surface area contributed by atoms with E-state index in [0.29, 0.717) is 25.1 Å². The normalized spacial score (nSPS) is 27.0. The van der Waals surface area contributed by atoms with Gasteiger partial charge in [0.2, 0.25) is 5.91 Å². The van der Waals surface area contributed by atoms with Gasteiger partial charge in [0, 0.05) is 6.54 Å². The standard InChI is InChI=1S/C21H29NO6S/c23-17-13-28-18-9-4-10-22(20(17)18)21(24)19(12-15-6-2-1-3-7-15)29(25,26)14-16-8-5-11-27-16/h5,8,11,15,18-20H,1-4,6-7,9-10,12-14H2/t18-,19-,20-/m0/s1. The van der Waals surface area contributed by atoms with Gasteiger partial charge in [-0.2, -0.15) is 0 Å². The molecule has 1 aromatic rings. The number of furan rings is 1. The number of carbonyl (C=O) groups is 2. The molecule has 2 aliphatic heterocycles. The van der Waals surface area contributed by atoms with Crippen LogP contribution in [0.1, 0.15) is 57.1 Å². The number of fused-ring (bicyclic) bond motifs is 1. The van der Waals surface area contributed by atoms with Gasteiger partial charge in [0.25, 0.3) is 0 Å². The lowest BCUT2D eigenvalue weighted by molar-refractivity contribution is -0.140. The van der Waals surface area contributed by atoms with Crippen molar-refractivity contribution in [2.24, 2.45) is 5.92 Å². The topological polar surface area (TPSA) is 93.9 Å². The van der Waals surface area contributed by atoms with Gasteiger partial charge in [-0.25, -0.2) is 8.42 Å². The average Bonchev–Trinajstić information content (AvgIpc) is 3.36. The molecule has 2 saturated heterocycles. The van der Waals surface area contributed by atoms with Crippen molar-refractivity contribution in [3.05, 3.63) is 24.2 Å². The van der Waals surface area contributed by atoms with Crippen molar-refractivity contribution in [2.75, 3.05) is 13.2 Å². The van der Waals surface area contributed by atoms with Crippen molar-refractivity contribution < 1.29 is 27.2 Å². The second-order valence-corrected chi connectivity index (χ2v) is 10.7. The Balaban J connectivity index is 1.59. The summed E-state index contributed by atoms with van der Waals surface area (Å²) in [5.41, 5.74) is 0. The third-order valence-corrected chi connectivity index (χ3v) is 8.48. The Bertz CT molecular complexity index is 827. The maximum Gasteiger partial charge on any atom is 0.241 e. The molecule has 3 atom stereocenters. The highest BCUT2D eigenvalue weighted by molar-refractivity contribution is 7.92. The van der Waals surface area contributed by atoms with Crippen LogP contribution in [0.25, 0.3) is 0 Å². The molecule has 1 aliphatic carbocycles. The van der Waals surface area contributed by atoms with E-state index in [4.69, 9.17) is 9.15 Å². The van der Waals surface area contributed by atoms with E-state index in [0.717, 1.165) is 38.5 Å². The van der Waals surface area contributed by atoms with Gasteiger partial charge in [-0.05, 0) is 37.3 Å². The first-order valence-electron chi connectivity index (χ1n) is 10.6. The Morgan fingerprint density at radius 3 is 2.69 bits per heavy atom. The zero-order valence-electron chi connectivity index (χ0n) is 16.6. The minimum absolute atomic E-state index is 0.00551. The van der Waals surface area contributed by atoms with E-state index < -0.39 is 27.0 Å². The molecule has 0 N–H and O–H groups in total. The lowest BCUT2D eigenvalue weighted by Crippen LogP contribution is -2.56. The fourth-order valence-electron chi connectivity index (χ4n) is 5.04. The predicted octanol–water partition coefficient (Wildman–Crippen LogP) is 2.49. The number of ketones is 1. The first-order chi connectivity index (χ1) is 14.0. The Hall–Kier alpha value is -1.67. The molecule has 0 unspecified atom stereocenters. The summed E-state index contributed by atoms with van der Waals surface area (Å²) in [6.45, 7) is 0.415. The molecule has 0 bridgehead atoms. The fourth-order valence-corrected chi connectivity index (χ4v) is 6.81. The van der Waals surface area contributed by atoms with Crippen molar-refractivity contribution >= 4 is 21.5 Å². The quantitative estimate of drug-likeness (QED) is 0.698. The van der Waals surface area contributed by atoms with Gasteiger partial charge >= 0.3 is 0 Å². The number of nitrogens with zero attached hydrogens (tertiary/aromatic N) is 1. The molecule has 1 aromatic heterocycles. The summed E-state index contributed by atoms with van der Waals surface area (Å²) in [7, 11) is -3.78. The third-order valence-electron chi connectivity index (χ3n) is 6.53. The van der Waals surface area contributed by atoms with E-state index in [1.54, 1.807) is 12.1 Å². The Morgan fingerprint density at radius 1 is 1.17 bits per heavy atom. The molecule has 1 amide bonds. The molecule has 7 nitrogen and oxygen atoms in total. The van der Waals surface area contributed by atoms with Gasteiger partial charge in [0.15, 0.2) is 15.6 Å². The van der Waals surface area contributed by atoms with Gasteiger partial charge in [0.1, 0.15) is 29.4 Å². The summed E-state index contributed by atoms with van der Waals surface area (Å²) in [5, 5.41) is -1.14. The zero-order chi connectivity index (χ0) is 20.4. The average molecular weight is 424 g/mol. The second kappa shape index (κ2) is 8.60. The number of piperidine rings is 1. The predicted molar refractivity (Wildman–Crippen MR) is 106 cm³/mol. The van der Waals surface area contributed by atoms with Crippen LogP contribution >= 0.6 is 0 Å². The van der Waals surface area contributed by atoms with Gasteiger partial charge < -0.3 is 14.1 Å². The molecule has 3 aliphatic rings. The number of rotatable bonds is 6. The number of ether oxygens (including phenoxy) is 1. The lowest BCUT2D eigenvalue weighted by Gasteiger charge is -2.38. The van der Waals surface area contributed by atoms with Crippen LogP contribution in [0.2, 0.25) is 0 Å². The second-order valence-electron chi connectivity index (χ2n) is 8.55. The maximum absolute atomic E-state index is 13.5. The van der Waals surface area contributed by atoms with Crippen molar-refractivity contribution in [2.45, 2.75) is 74.5 Å². The van der Waals surface area contributed by atoms with Crippen molar-refractivity contribution in [1.29, 1.82) is 0 Å². The molecule has 4 rings (SSSR count). The molecule has 0 spiro atoms. The van der Waals surface area contributed by atoms with Crippen LogP contribution in [-0.2, 0) is 29.9 Å². The van der Waals surface area contributed by atoms with Crippen LogP contribution in [0.3, 0.4) is 0 Å². The summed E-state index contributed by atoms with van der Waals surface area (Å²) < 4.78 is 37.4. The summed E-state index contributed by atoms with van der Waals surface area (Å²) in [6, 6.07) is 2.63. The van der Waals surface area contributed by atoms with Crippen LogP contribution < -0.4 is 0 Å². The highest BCUT2D eigenvalue weighted by Gasteiger charge is 2.48. The smallest absolute Gasteiger partial charge is 0.241 e. The Kier molecular flexibility index (Phi) is 6.11. The molecule has 8 heteroatoms. The van der Waals surface area contributed by atoms with Crippen LogP contribution in [0.5, 0.6) is 0 Å². The number of likely N-dealkylation sites (tertiary alicyclic amines) is 1. The van der Waals surface area contributed by atoms with E-state index in [1.165, 1.54) is 11.2 Å². The number of hydrogen-bond donors (Lipinski definition) is 0. The minimum atomic E-state index is -3.78. The Morgan fingerprint density at radius 2 is 1.97 bits per heavy atom. The molecule has 1 saturated carbocycles. The van der Waals surface area contributed by atoms with Crippen molar-refractivity contribution in [3.8, 4) is 0 Å². The SMILES string of the molecule is O=C1CO[C@H]2CCCN(C(=O)[C@H](CC3CCCCC3)S(=O)(=O)Cc3ccco3)[C@@H]12. The molecule has 0 aromatic carbocycles. The van der Waals surface area contributed by atoms with Crippen molar-refractivity contribution in [1.82, 2.24) is 4.90 Å². The molecular formula is C21H29NO6S. The molecular weight excluding hydrogens is 394 g/mol. The van der Waals surface area contributed by atoms with Crippen molar-refractivity contribution in [3.63, 3.8) is 0 Å². The van der Waals surface area contributed by atoms with Crippen LogP contribution in [-0.4, -0.2) is 55.6 Å². The molecule has 3 fully saturated rings. The van der Waals surface area contributed by atoms with Crippen LogP contribution in [0.4, 0.5) is 0 Å². The van der Waals surface area contributed by atoms with Crippen LogP contribution in [0.15, 0.2) is 22.8 Å². The summed E-state index contributed by atoms with van der Waals surface area (Å²) in [4.78, 5) is 27.4. The van der Waals surface area contributed by atoms with E-state index in [1.807, 2.05) is 0 Å². The van der Waals surface area contributed by atoms with E-state index in [9.17, 15) is 18.0 Å². The molecule has 29 heavy (non-hydrogen) atoms. The van der Waals surface area contributed by atoms with E-state index in [-0.39, 0.29) is 30.2 Å². The zero-order valence-corrected chi connectivity index (χ0v) is 17.4. The highest BCUT2D eigenvalue weighted by atomic mass is 32.2. The maximum atomic E-state index is 13.5. The minimum Gasteiger partial charge on any atom is -0.468 e. The van der Waals surface area contributed by atoms with Gasteiger partial charge in [-0.15, -0.1) is 0 Å². The first-order valence-corrected chi connectivity index (χ1v) is 12.4. The lowest BCUT2D eigenvalue weighted by atomic mass is 9.85. The summed E-state index contributed by atoms with van der Waals surface area (Å²) in [5.74, 6) is -0.294. The summed E-state index contributed by atoms with van der Waals surface area (Å²) >= 11 is 0. The fraction of sp³-hybridized carbons (Fsp3) is 0.714. The van der Waals surface area contributed by atoms with E-state index >= 15 is 0 Å². The summed E-state index contributed by atoms with van der Waals surface area (Å²) in [6.07, 6.45) is 8.12. The highest BCUT2D eigenvalue weighted by Crippen LogP contribution is 2.33. The first kappa shape index (κ1) is 20.6. The van der Waals surface area contributed by atoms with Gasteiger partial charge in [-0.3, -0.25) is 9.59 Å². The van der Waals surface area contributed by atoms with Crippen LogP contribution in [0, 0.1) is 5.92 Å². The molecule has 3 heterocycles. The van der Waals surface area contributed by atoms with E-state index in [2.05, 4.69) is 0 Å². The number of amides is 1. The largest absolute Gasteiger partial charge is 0.468 e. The number of carbonyl (C=O) groups excluding carboxylic acids is 2. The van der Waals surface area contributed by atoms with Gasteiger partial charge in [0.05, 0.1) is 12.4 Å². The third kappa shape index (κ3) is 4.43. The number of Topliss-reactive ketones (excluding diaryl/α,β-unsaturated/α-hetero) is 1.